The van der Waals surface area contributed by atoms with Crippen molar-refractivity contribution < 1.29 is 14.4 Å². The van der Waals surface area contributed by atoms with E-state index >= 15 is 0 Å². The molecule has 0 spiro atoms. The van der Waals surface area contributed by atoms with E-state index in [9.17, 15) is 9.90 Å². The molecule has 1 atom stereocenters. The quantitative estimate of drug-likeness (QED) is 0.643. The molecule has 8 heteroatoms. The molecule has 1 unspecified atom stereocenters. The summed E-state index contributed by atoms with van der Waals surface area (Å²) in [5, 5.41) is 14.1. The van der Waals surface area contributed by atoms with Crippen molar-refractivity contribution >= 4 is 21.8 Å². The third-order valence-electron chi connectivity index (χ3n) is 5.17. The van der Waals surface area contributed by atoms with Gasteiger partial charge in [-0.25, -0.2) is 0 Å². The van der Waals surface area contributed by atoms with E-state index < -0.39 is 0 Å². The number of hydrogen-bond donors (Lipinski definition) is 1. The van der Waals surface area contributed by atoms with Gasteiger partial charge in [0, 0.05) is 36.2 Å². The van der Waals surface area contributed by atoms with Crippen molar-refractivity contribution in [2.24, 2.45) is 0 Å². The van der Waals surface area contributed by atoms with Crippen molar-refractivity contribution in [3.8, 4) is 17.1 Å². The van der Waals surface area contributed by atoms with Crippen LogP contribution >= 0.6 is 15.9 Å². The van der Waals surface area contributed by atoms with Gasteiger partial charge in [-0.05, 0) is 25.1 Å². The van der Waals surface area contributed by atoms with Gasteiger partial charge in [0.05, 0.1) is 11.6 Å². The van der Waals surface area contributed by atoms with Gasteiger partial charge in [-0.1, -0.05) is 51.4 Å². The lowest BCUT2D eigenvalue weighted by molar-refractivity contribution is 0.0549. The number of rotatable bonds is 4. The second-order valence-corrected chi connectivity index (χ2v) is 7.90. The van der Waals surface area contributed by atoms with Crippen LogP contribution in [0.1, 0.15) is 29.2 Å². The average Bonchev–Trinajstić information content (AvgIpc) is 3.25. The van der Waals surface area contributed by atoms with Crippen LogP contribution in [0.15, 0.2) is 57.5 Å². The second kappa shape index (κ2) is 8.34. The van der Waals surface area contributed by atoms with Crippen LogP contribution in [0.4, 0.5) is 0 Å². The Hall–Kier alpha value is -2.71. The molecule has 0 radical (unpaired) electrons. The van der Waals surface area contributed by atoms with Gasteiger partial charge in [0.25, 0.3) is 5.91 Å². The summed E-state index contributed by atoms with van der Waals surface area (Å²) < 4.78 is 6.25. The van der Waals surface area contributed by atoms with Gasteiger partial charge in [0.1, 0.15) is 5.75 Å². The Bertz CT molecular complexity index is 1000. The summed E-state index contributed by atoms with van der Waals surface area (Å²) in [6.45, 7) is 4.53. The summed E-state index contributed by atoms with van der Waals surface area (Å²) in [6.07, 6.45) is 0. The van der Waals surface area contributed by atoms with Crippen LogP contribution in [0.25, 0.3) is 11.4 Å². The molecule has 1 fully saturated rings. The molecule has 150 valence electrons. The largest absolute Gasteiger partial charge is 0.507 e. The molecule has 1 aliphatic heterocycles. The third-order valence-corrected chi connectivity index (χ3v) is 5.66. The molecule has 1 saturated heterocycles. The van der Waals surface area contributed by atoms with E-state index in [1.54, 1.807) is 17.0 Å². The first-order valence-corrected chi connectivity index (χ1v) is 10.2. The van der Waals surface area contributed by atoms with Crippen LogP contribution in [0.5, 0.6) is 5.75 Å². The Balaban J connectivity index is 1.40. The number of aromatic nitrogens is 2. The Labute approximate surface area is 177 Å². The fourth-order valence-corrected chi connectivity index (χ4v) is 3.79. The summed E-state index contributed by atoms with van der Waals surface area (Å²) in [4.78, 5) is 21.3. The van der Waals surface area contributed by atoms with E-state index in [1.807, 2.05) is 37.3 Å². The molecule has 1 amide bonds. The summed E-state index contributed by atoms with van der Waals surface area (Å²) >= 11 is 3.35. The number of phenols is 1. The molecule has 2 heterocycles. The molecule has 1 N–H and O–H groups in total. The first kappa shape index (κ1) is 19.6. The lowest BCUT2D eigenvalue weighted by Crippen LogP contribution is -2.49. The first-order chi connectivity index (χ1) is 14.0. The first-order valence-electron chi connectivity index (χ1n) is 9.44. The lowest BCUT2D eigenvalue weighted by atomic mass is 10.1. The van der Waals surface area contributed by atoms with Crippen molar-refractivity contribution in [1.82, 2.24) is 19.9 Å². The Kier molecular flexibility index (Phi) is 5.64. The van der Waals surface area contributed by atoms with Gasteiger partial charge in [0.15, 0.2) is 0 Å². The molecular weight excluding hydrogens is 436 g/mol. The molecule has 0 saturated carbocycles. The minimum atomic E-state index is -0.166. The van der Waals surface area contributed by atoms with Gasteiger partial charge in [-0.2, -0.15) is 4.98 Å². The molecule has 0 bridgehead atoms. The highest BCUT2D eigenvalue weighted by atomic mass is 79.9. The van der Waals surface area contributed by atoms with Crippen LogP contribution in [0.2, 0.25) is 0 Å². The zero-order valence-electron chi connectivity index (χ0n) is 16.0. The highest BCUT2D eigenvalue weighted by Crippen LogP contribution is 2.26. The van der Waals surface area contributed by atoms with E-state index in [0.29, 0.717) is 43.5 Å². The summed E-state index contributed by atoms with van der Waals surface area (Å²) in [5.74, 6) is 0.966. The molecule has 2 aromatic carbocycles. The van der Waals surface area contributed by atoms with Crippen molar-refractivity contribution in [1.29, 1.82) is 0 Å². The average molecular weight is 457 g/mol. The van der Waals surface area contributed by atoms with Gasteiger partial charge in [-0.15, -0.1) is 0 Å². The van der Waals surface area contributed by atoms with E-state index in [2.05, 4.69) is 31.0 Å². The number of phenolic OH excluding ortho intramolecular Hbond substituents is 1. The smallest absolute Gasteiger partial charge is 0.257 e. The zero-order chi connectivity index (χ0) is 20.4. The van der Waals surface area contributed by atoms with Crippen LogP contribution in [0.3, 0.4) is 0 Å². The monoisotopic (exact) mass is 456 g/mol. The van der Waals surface area contributed by atoms with Crippen LogP contribution in [-0.2, 0) is 0 Å². The zero-order valence-corrected chi connectivity index (χ0v) is 17.5. The van der Waals surface area contributed by atoms with E-state index in [1.165, 1.54) is 6.07 Å². The molecule has 1 aliphatic rings. The SMILES string of the molecule is CC(c1nc(-c2ccccc2)no1)N1CCN(C(=O)c2cc(Br)ccc2O)CC1. The molecule has 3 aromatic rings. The van der Waals surface area contributed by atoms with E-state index in [4.69, 9.17) is 4.52 Å². The number of benzene rings is 2. The van der Waals surface area contributed by atoms with E-state index in [-0.39, 0.29) is 17.7 Å². The number of hydrogen-bond acceptors (Lipinski definition) is 6. The van der Waals surface area contributed by atoms with Gasteiger partial charge >= 0.3 is 0 Å². The maximum absolute atomic E-state index is 12.8. The number of aromatic hydroxyl groups is 1. The van der Waals surface area contributed by atoms with Gasteiger partial charge in [0.2, 0.25) is 11.7 Å². The van der Waals surface area contributed by atoms with Crippen molar-refractivity contribution in [2.75, 3.05) is 26.2 Å². The number of piperazine rings is 1. The molecule has 4 rings (SSSR count). The van der Waals surface area contributed by atoms with Gasteiger partial charge in [-0.3, -0.25) is 9.69 Å². The lowest BCUT2D eigenvalue weighted by Gasteiger charge is -2.36. The van der Waals surface area contributed by atoms with Crippen molar-refractivity contribution in [3.63, 3.8) is 0 Å². The summed E-state index contributed by atoms with van der Waals surface area (Å²) in [6, 6.07) is 14.5. The summed E-state index contributed by atoms with van der Waals surface area (Å²) in [7, 11) is 0. The van der Waals surface area contributed by atoms with Crippen LogP contribution in [-0.4, -0.2) is 57.1 Å². The van der Waals surface area contributed by atoms with E-state index in [0.717, 1.165) is 10.0 Å². The minimum Gasteiger partial charge on any atom is -0.507 e. The second-order valence-electron chi connectivity index (χ2n) is 6.99. The highest BCUT2D eigenvalue weighted by Gasteiger charge is 2.29. The van der Waals surface area contributed by atoms with Crippen LogP contribution < -0.4 is 0 Å². The minimum absolute atomic E-state index is 0.00620. The number of nitrogens with zero attached hydrogens (tertiary/aromatic N) is 4. The Morgan fingerprint density at radius 3 is 2.59 bits per heavy atom. The molecule has 1 aromatic heterocycles. The maximum Gasteiger partial charge on any atom is 0.257 e. The third kappa shape index (κ3) is 4.18. The fraction of sp³-hybridized carbons (Fsp3) is 0.286. The van der Waals surface area contributed by atoms with Crippen molar-refractivity contribution in [3.05, 3.63) is 64.5 Å². The van der Waals surface area contributed by atoms with Crippen molar-refractivity contribution in [2.45, 2.75) is 13.0 Å². The number of amides is 1. The maximum atomic E-state index is 12.8. The predicted molar refractivity (Wildman–Crippen MR) is 111 cm³/mol. The molecule has 0 aliphatic carbocycles. The highest BCUT2D eigenvalue weighted by molar-refractivity contribution is 9.10. The standard InChI is InChI=1S/C21H21BrN4O3/c1-14(20-23-19(24-29-20)15-5-3-2-4-6-15)25-9-11-26(12-10-25)21(28)17-13-16(22)7-8-18(17)27/h2-8,13-14,27H,9-12H2,1H3. The van der Waals surface area contributed by atoms with Gasteiger partial charge < -0.3 is 14.5 Å². The fourth-order valence-electron chi connectivity index (χ4n) is 3.43. The predicted octanol–water partition coefficient (Wildman–Crippen LogP) is 3.72. The topological polar surface area (TPSA) is 82.7 Å². The number of carbonyl (C=O) groups excluding carboxylic acids is 1. The Morgan fingerprint density at radius 2 is 1.86 bits per heavy atom. The number of carbonyl (C=O) groups is 1. The van der Waals surface area contributed by atoms with Crippen LogP contribution in [0, 0.1) is 0 Å². The Morgan fingerprint density at radius 1 is 1.14 bits per heavy atom. The number of halogens is 1. The molecule has 7 nitrogen and oxygen atoms in total. The molecule has 29 heavy (non-hydrogen) atoms. The molecular formula is C21H21BrN4O3. The summed E-state index contributed by atoms with van der Waals surface area (Å²) in [5.41, 5.74) is 1.23. The normalized spacial score (nSPS) is 16.0.